The van der Waals surface area contributed by atoms with Crippen molar-refractivity contribution >= 4 is 0 Å². The van der Waals surface area contributed by atoms with Gasteiger partial charge in [0.2, 0.25) is 0 Å². The van der Waals surface area contributed by atoms with Gasteiger partial charge in [-0.25, -0.2) is 0 Å². The summed E-state index contributed by atoms with van der Waals surface area (Å²) in [5.74, 6) is 0.956. The molecule has 1 aliphatic rings. The van der Waals surface area contributed by atoms with Crippen molar-refractivity contribution < 1.29 is 0 Å². The van der Waals surface area contributed by atoms with Crippen LogP contribution in [0.1, 0.15) is 57.1 Å². The molecule has 2 unspecified atom stereocenters. The van der Waals surface area contributed by atoms with Gasteiger partial charge in [-0.1, -0.05) is 57.4 Å². The molecule has 0 amide bonds. The second-order valence-corrected chi connectivity index (χ2v) is 5.64. The third-order valence-corrected chi connectivity index (χ3v) is 4.44. The third-order valence-electron chi connectivity index (χ3n) is 4.44. The molecule has 1 saturated carbocycles. The number of hydrogen-bond donors (Lipinski definition) is 1. The Hall–Kier alpha value is -0.820. The zero-order valence-electron chi connectivity index (χ0n) is 11.9. The van der Waals surface area contributed by atoms with Gasteiger partial charge >= 0.3 is 0 Å². The summed E-state index contributed by atoms with van der Waals surface area (Å²) in [5.41, 5.74) is 2.98. The predicted octanol–water partition coefficient (Wildman–Crippen LogP) is 4.31. The van der Waals surface area contributed by atoms with Crippen LogP contribution in [0.15, 0.2) is 24.3 Å². The molecule has 0 aliphatic heterocycles. The SMILES string of the molecule is CCc1ccccc1CNC1CCCC(CC)C1. The molecule has 0 bridgehead atoms. The Morgan fingerprint density at radius 2 is 1.89 bits per heavy atom. The number of aryl methyl sites for hydroxylation is 1. The van der Waals surface area contributed by atoms with Gasteiger partial charge in [-0.15, -0.1) is 0 Å². The van der Waals surface area contributed by atoms with Gasteiger partial charge in [-0.2, -0.15) is 0 Å². The van der Waals surface area contributed by atoms with E-state index in [9.17, 15) is 0 Å². The number of rotatable bonds is 5. The first-order chi connectivity index (χ1) is 8.83. The summed E-state index contributed by atoms with van der Waals surface area (Å²) in [4.78, 5) is 0. The van der Waals surface area contributed by atoms with Crippen LogP contribution in [-0.4, -0.2) is 6.04 Å². The molecule has 1 fully saturated rings. The first-order valence-electron chi connectivity index (χ1n) is 7.63. The molecule has 100 valence electrons. The van der Waals surface area contributed by atoms with E-state index in [2.05, 4.69) is 43.4 Å². The van der Waals surface area contributed by atoms with Crippen LogP contribution in [0.2, 0.25) is 0 Å². The van der Waals surface area contributed by atoms with Crippen LogP contribution >= 0.6 is 0 Å². The molecular formula is C17H27N. The molecule has 0 spiro atoms. The summed E-state index contributed by atoms with van der Waals surface area (Å²) >= 11 is 0. The second-order valence-electron chi connectivity index (χ2n) is 5.64. The minimum atomic E-state index is 0.744. The van der Waals surface area contributed by atoms with Gasteiger partial charge in [0, 0.05) is 12.6 Å². The minimum Gasteiger partial charge on any atom is -0.310 e. The maximum absolute atomic E-state index is 3.78. The highest BCUT2D eigenvalue weighted by Gasteiger charge is 2.20. The molecule has 2 rings (SSSR count). The van der Waals surface area contributed by atoms with Gasteiger partial charge in [0.25, 0.3) is 0 Å². The van der Waals surface area contributed by atoms with Crippen LogP contribution in [0.3, 0.4) is 0 Å². The topological polar surface area (TPSA) is 12.0 Å². The second kappa shape index (κ2) is 6.94. The monoisotopic (exact) mass is 245 g/mol. The van der Waals surface area contributed by atoms with Crippen molar-refractivity contribution in [3.8, 4) is 0 Å². The molecule has 1 heteroatoms. The molecule has 1 aromatic rings. The summed E-state index contributed by atoms with van der Waals surface area (Å²) in [6, 6.07) is 9.58. The summed E-state index contributed by atoms with van der Waals surface area (Å²) < 4.78 is 0. The Balaban J connectivity index is 1.87. The van der Waals surface area contributed by atoms with Gasteiger partial charge in [-0.3, -0.25) is 0 Å². The maximum atomic E-state index is 3.78. The van der Waals surface area contributed by atoms with E-state index in [4.69, 9.17) is 0 Å². The average Bonchev–Trinajstić information content (AvgIpc) is 2.45. The molecule has 1 N–H and O–H groups in total. The zero-order chi connectivity index (χ0) is 12.8. The van der Waals surface area contributed by atoms with Gasteiger partial charge in [0.15, 0.2) is 0 Å². The fourth-order valence-corrected chi connectivity index (χ4v) is 3.18. The van der Waals surface area contributed by atoms with Crippen molar-refractivity contribution in [3.05, 3.63) is 35.4 Å². The summed E-state index contributed by atoms with van der Waals surface area (Å²) in [5, 5.41) is 3.78. The highest BCUT2D eigenvalue weighted by Crippen LogP contribution is 2.26. The molecule has 0 radical (unpaired) electrons. The average molecular weight is 245 g/mol. The minimum absolute atomic E-state index is 0.744. The van der Waals surface area contributed by atoms with E-state index in [0.29, 0.717) is 0 Å². The quantitative estimate of drug-likeness (QED) is 0.815. The molecule has 2 atom stereocenters. The molecule has 0 heterocycles. The first-order valence-corrected chi connectivity index (χ1v) is 7.63. The van der Waals surface area contributed by atoms with Gasteiger partial charge < -0.3 is 5.32 Å². The van der Waals surface area contributed by atoms with E-state index >= 15 is 0 Å². The van der Waals surface area contributed by atoms with Crippen molar-refractivity contribution in [1.82, 2.24) is 5.32 Å². The van der Waals surface area contributed by atoms with E-state index in [0.717, 1.165) is 24.9 Å². The molecule has 1 nitrogen and oxygen atoms in total. The summed E-state index contributed by atoms with van der Waals surface area (Å²) in [6.07, 6.45) is 8.09. The van der Waals surface area contributed by atoms with Crippen LogP contribution in [-0.2, 0) is 13.0 Å². The van der Waals surface area contributed by atoms with E-state index in [1.807, 2.05) is 0 Å². The Kier molecular flexibility index (Phi) is 5.25. The lowest BCUT2D eigenvalue weighted by atomic mass is 9.84. The molecule has 1 aliphatic carbocycles. The summed E-state index contributed by atoms with van der Waals surface area (Å²) in [7, 11) is 0. The highest BCUT2D eigenvalue weighted by atomic mass is 14.9. The number of nitrogens with one attached hydrogen (secondary N) is 1. The van der Waals surface area contributed by atoms with Crippen molar-refractivity contribution in [1.29, 1.82) is 0 Å². The first kappa shape index (κ1) is 13.6. The van der Waals surface area contributed by atoms with Crippen molar-refractivity contribution in [2.24, 2.45) is 5.92 Å². The zero-order valence-corrected chi connectivity index (χ0v) is 11.9. The fourth-order valence-electron chi connectivity index (χ4n) is 3.18. The lowest BCUT2D eigenvalue weighted by molar-refractivity contribution is 0.278. The summed E-state index contributed by atoms with van der Waals surface area (Å²) in [6.45, 7) is 5.62. The van der Waals surface area contributed by atoms with Crippen molar-refractivity contribution in [2.45, 2.75) is 65.0 Å². The maximum Gasteiger partial charge on any atom is 0.0210 e. The Bertz CT molecular complexity index is 358. The fraction of sp³-hybridized carbons (Fsp3) is 0.647. The molecule has 18 heavy (non-hydrogen) atoms. The van der Waals surface area contributed by atoms with Gasteiger partial charge in [-0.05, 0) is 36.3 Å². The van der Waals surface area contributed by atoms with Crippen LogP contribution in [0.5, 0.6) is 0 Å². The largest absolute Gasteiger partial charge is 0.310 e. The van der Waals surface area contributed by atoms with Crippen LogP contribution in [0.25, 0.3) is 0 Å². The Labute approximate surface area is 112 Å². The third kappa shape index (κ3) is 3.58. The van der Waals surface area contributed by atoms with Gasteiger partial charge in [0.1, 0.15) is 0 Å². The molecule has 1 aromatic carbocycles. The smallest absolute Gasteiger partial charge is 0.0210 e. The number of hydrogen-bond acceptors (Lipinski definition) is 1. The molecule has 0 saturated heterocycles. The lowest BCUT2D eigenvalue weighted by Gasteiger charge is -2.29. The van der Waals surface area contributed by atoms with Crippen LogP contribution < -0.4 is 5.32 Å². The van der Waals surface area contributed by atoms with Gasteiger partial charge in [0.05, 0.1) is 0 Å². The van der Waals surface area contributed by atoms with Crippen molar-refractivity contribution in [3.63, 3.8) is 0 Å². The van der Waals surface area contributed by atoms with E-state index in [1.165, 1.54) is 43.2 Å². The van der Waals surface area contributed by atoms with E-state index in [-0.39, 0.29) is 0 Å². The normalized spacial score (nSPS) is 24.1. The van der Waals surface area contributed by atoms with Crippen molar-refractivity contribution in [2.75, 3.05) is 0 Å². The van der Waals surface area contributed by atoms with E-state index < -0.39 is 0 Å². The Morgan fingerprint density at radius 3 is 2.61 bits per heavy atom. The van der Waals surface area contributed by atoms with E-state index in [1.54, 1.807) is 0 Å². The van der Waals surface area contributed by atoms with Crippen LogP contribution in [0.4, 0.5) is 0 Å². The van der Waals surface area contributed by atoms with Crippen LogP contribution in [0, 0.1) is 5.92 Å². The number of benzene rings is 1. The lowest BCUT2D eigenvalue weighted by Crippen LogP contribution is -2.33. The highest BCUT2D eigenvalue weighted by molar-refractivity contribution is 5.26. The standard InChI is InChI=1S/C17H27N/c1-3-14-8-7-11-17(12-14)18-13-16-10-6-5-9-15(16)4-2/h5-6,9-10,14,17-18H,3-4,7-8,11-13H2,1-2H3. The molecule has 0 aromatic heterocycles. The predicted molar refractivity (Wildman–Crippen MR) is 78.7 cm³/mol. The molecular weight excluding hydrogens is 218 g/mol. The Morgan fingerprint density at radius 1 is 1.11 bits per heavy atom.